The largest absolute Gasteiger partial charge is 0.256 e. The average molecular weight is 770 g/mol. The van der Waals surface area contributed by atoms with Crippen LogP contribution in [0.5, 0.6) is 0 Å². The molecule has 2 nitrogen and oxygen atoms in total. The summed E-state index contributed by atoms with van der Waals surface area (Å²) in [6, 6.07) is 0. The van der Waals surface area contributed by atoms with Gasteiger partial charge in [0.2, 0.25) is 0 Å². The van der Waals surface area contributed by atoms with Crippen molar-refractivity contribution in [1.29, 1.82) is 0 Å². The van der Waals surface area contributed by atoms with Crippen LogP contribution in [0, 0.1) is 0 Å². The molecule has 0 aromatic carbocycles. The predicted octanol–water partition coefficient (Wildman–Crippen LogP) is 18.5. The van der Waals surface area contributed by atoms with Crippen molar-refractivity contribution in [2.24, 2.45) is 0 Å². The van der Waals surface area contributed by atoms with Crippen molar-refractivity contribution in [1.82, 2.24) is 4.57 Å². The van der Waals surface area contributed by atoms with E-state index in [1.165, 1.54) is 302 Å². The Hall–Kier alpha value is -0.790. The summed E-state index contributed by atoms with van der Waals surface area (Å²) in [4.78, 5) is 0. The highest BCUT2D eigenvalue weighted by atomic mass is 15.1. The van der Waals surface area contributed by atoms with Crippen LogP contribution in [-0.4, -0.2) is 4.57 Å². The molecule has 0 bridgehead atoms. The third-order valence-corrected chi connectivity index (χ3v) is 12.8. The summed E-state index contributed by atoms with van der Waals surface area (Å²) in [5, 5.41) is 0. The maximum Gasteiger partial charge on any atom is 0.256 e. The lowest BCUT2D eigenvalue weighted by atomic mass is 10.0. The third kappa shape index (κ3) is 36.1. The maximum absolute atomic E-state index is 2.66. The van der Waals surface area contributed by atoms with Gasteiger partial charge >= 0.3 is 0 Å². The van der Waals surface area contributed by atoms with Gasteiger partial charge in [-0.05, 0) is 32.1 Å². The summed E-state index contributed by atoms with van der Waals surface area (Å²) in [5.74, 6) is 1.63. The molecule has 55 heavy (non-hydrogen) atoms. The molecule has 0 aliphatic heterocycles. The van der Waals surface area contributed by atoms with E-state index >= 15 is 0 Å². The van der Waals surface area contributed by atoms with E-state index in [-0.39, 0.29) is 0 Å². The van der Waals surface area contributed by atoms with E-state index < -0.39 is 0 Å². The van der Waals surface area contributed by atoms with Crippen LogP contribution < -0.4 is 4.57 Å². The standard InChI is InChI=1S/C53H105N2/c1-4-7-10-13-16-19-22-25-27-28-30-32-35-38-41-44-47-50-55-52-51-54(53(55)48-45-42-39-36-33-24-21-18-15-12-9-6-3)49-46-43-40-37-34-31-29-26-23-20-17-14-11-8-5-2/h51-52H,4-50H2,1-3H3/q+1. The van der Waals surface area contributed by atoms with Crippen molar-refractivity contribution in [3.8, 4) is 0 Å². The first-order chi connectivity index (χ1) is 27.3. The maximum atomic E-state index is 2.66. The minimum atomic E-state index is 1.23. The normalized spacial score (nSPS) is 11.7. The van der Waals surface area contributed by atoms with Crippen LogP contribution in [0.1, 0.15) is 309 Å². The van der Waals surface area contributed by atoms with Gasteiger partial charge in [0.25, 0.3) is 5.82 Å². The third-order valence-electron chi connectivity index (χ3n) is 12.8. The van der Waals surface area contributed by atoms with Crippen molar-refractivity contribution in [2.75, 3.05) is 0 Å². The first-order valence-electron chi connectivity index (χ1n) is 26.4. The van der Waals surface area contributed by atoms with Crippen LogP contribution in [-0.2, 0) is 19.5 Å². The highest BCUT2D eigenvalue weighted by Gasteiger charge is 2.16. The Bertz CT molecular complexity index is 841. The van der Waals surface area contributed by atoms with Gasteiger partial charge in [-0.2, -0.15) is 0 Å². The van der Waals surface area contributed by atoms with Gasteiger partial charge in [0.05, 0.1) is 13.1 Å². The molecule has 1 aromatic rings. The average Bonchev–Trinajstić information content (AvgIpc) is 3.58. The number of rotatable bonds is 47. The topological polar surface area (TPSA) is 8.81 Å². The molecule has 0 atom stereocenters. The molecule has 0 unspecified atom stereocenters. The first kappa shape index (κ1) is 52.2. The second-order valence-electron chi connectivity index (χ2n) is 18.3. The van der Waals surface area contributed by atoms with Gasteiger partial charge in [-0.15, -0.1) is 0 Å². The molecule has 0 radical (unpaired) electrons. The van der Waals surface area contributed by atoms with Gasteiger partial charge in [0.1, 0.15) is 12.4 Å². The molecular weight excluding hydrogens is 665 g/mol. The summed E-state index contributed by atoms with van der Waals surface area (Å²) in [5.41, 5.74) is 0. The summed E-state index contributed by atoms with van der Waals surface area (Å²) in [6.45, 7) is 9.42. The van der Waals surface area contributed by atoms with Crippen LogP contribution in [0.15, 0.2) is 12.4 Å². The van der Waals surface area contributed by atoms with E-state index in [0.29, 0.717) is 0 Å². The monoisotopic (exact) mass is 770 g/mol. The number of aryl methyl sites for hydroxylation is 2. The minimum absolute atomic E-state index is 1.23. The number of aromatic nitrogens is 2. The van der Waals surface area contributed by atoms with Gasteiger partial charge in [-0.3, -0.25) is 0 Å². The van der Waals surface area contributed by atoms with Crippen LogP contribution in [0.25, 0.3) is 0 Å². The van der Waals surface area contributed by atoms with Crippen LogP contribution in [0.4, 0.5) is 0 Å². The summed E-state index contributed by atoms with van der Waals surface area (Å²) in [7, 11) is 0. The fourth-order valence-electron chi connectivity index (χ4n) is 8.98. The molecule has 0 saturated heterocycles. The molecule has 1 rings (SSSR count). The van der Waals surface area contributed by atoms with E-state index in [9.17, 15) is 0 Å². The SMILES string of the molecule is CCCCCCCCCCCCCCCCCCC[n+]1ccn(CCCCCCCCCCCCCCCCC)c1CCCCCCCCCCCCCC. The molecule has 0 aliphatic carbocycles. The lowest BCUT2D eigenvalue weighted by Gasteiger charge is -2.07. The molecular formula is C53H105N2+. The number of hydrogen-bond acceptors (Lipinski definition) is 0. The quantitative estimate of drug-likeness (QED) is 0.0461. The molecule has 0 fully saturated rings. The Kier molecular flexibility index (Phi) is 42.1. The molecule has 1 heterocycles. The van der Waals surface area contributed by atoms with Crippen molar-refractivity contribution in [2.45, 2.75) is 323 Å². The van der Waals surface area contributed by atoms with Crippen molar-refractivity contribution in [3.63, 3.8) is 0 Å². The molecule has 326 valence electrons. The summed E-state index contributed by atoms with van der Waals surface area (Å²) >= 11 is 0. The fourth-order valence-corrected chi connectivity index (χ4v) is 8.98. The first-order valence-corrected chi connectivity index (χ1v) is 26.4. The Labute approximate surface area is 349 Å². The molecule has 0 aliphatic rings. The zero-order valence-corrected chi connectivity index (χ0v) is 38.8. The molecule has 0 spiro atoms. The Morgan fingerprint density at radius 1 is 0.309 bits per heavy atom. The molecule has 2 heteroatoms. The molecule has 0 saturated carbocycles. The Balaban J connectivity index is 2.24. The highest BCUT2D eigenvalue weighted by molar-refractivity contribution is 4.84. The molecule has 1 aromatic heterocycles. The molecule has 0 amide bonds. The van der Waals surface area contributed by atoms with E-state index in [1.807, 2.05) is 0 Å². The number of hydrogen-bond donors (Lipinski definition) is 0. The molecule has 0 N–H and O–H groups in total. The lowest BCUT2D eigenvalue weighted by molar-refractivity contribution is -0.704. The highest BCUT2D eigenvalue weighted by Crippen LogP contribution is 2.17. The lowest BCUT2D eigenvalue weighted by Crippen LogP contribution is -2.37. The van der Waals surface area contributed by atoms with Crippen LogP contribution in [0.3, 0.4) is 0 Å². The van der Waals surface area contributed by atoms with Crippen molar-refractivity contribution >= 4 is 0 Å². The van der Waals surface area contributed by atoms with Gasteiger partial charge in [0.15, 0.2) is 0 Å². The Morgan fingerprint density at radius 3 is 0.873 bits per heavy atom. The van der Waals surface area contributed by atoms with Gasteiger partial charge in [-0.25, -0.2) is 9.13 Å². The number of imidazole rings is 1. The summed E-state index contributed by atoms with van der Waals surface area (Å²) < 4.78 is 5.32. The van der Waals surface area contributed by atoms with Crippen LogP contribution in [0.2, 0.25) is 0 Å². The van der Waals surface area contributed by atoms with Gasteiger partial charge < -0.3 is 0 Å². The number of unbranched alkanes of at least 4 members (excludes halogenated alkanes) is 41. The number of nitrogens with zero attached hydrogens (tertiary/aromatic N) is 2. The van der Waals surface area contributed by atoms with Crippen LogP contribution >= 0.6 is 0 Å². The van der Waals surface area contributed by atoms with E-state index in [0.717, 1.165) is 0 Å². The van der Waals surface area contributed by atoms with E-state index in [2.05, 4.69) is 42.3 Å². The Morgan fingerprint density at radius 2 is 0.564 bits per heavy atom. The fraction of sp³-hybridized carbons (Fsp3) is 0.943. The van der Waals surface area contributed by atoms with Gasteiger partial charge in [-0.1, -0.05) is 271 Å². The van der Waals surface area contributed by atoms with Crippen molar-refractivity contribution < 1.29 is 4.57 Å². The van der Waals surface area contributed by atoms with Crippen molar-refractivity contribution in [3.05, 3.63) is 18.2 Å². The second-order valence-corrected chi connectivity index (χ2v) is 18.3. The zero-order valence-electron chi connectivity index (χ0n) is 38.8. The summed E-state index contributed by atoms with van der Waals surface area (Å²) in [6.07, 6.45) is 69.8. The van der Waals surface area contributed by atoms with Gasteiger partial charge in [0, 0.05) is 6.42 Å². The van der Waals surface area contributed by atoms with E-state index in [4.69, 9.17) is 0 Å². The smallest absolute Gasteiger partial charge is 0.234 e. The second kappa shape index (κ2) is 44.3. The predicted molar refractivity (Wildman–Crippen MR) is 249 cm³/mol. The zero-order chi connectivity index (χ0) is 39.4. The minimum Gasteiger partial charge on any atom is -0.234 e. The van der Waals surface area contributed by atoms with E-state index in [1.54, 1.807) is 5.82 Å².